The number of hydrogen-bond donors (Lipinski definition) is 2. The van der Waals surface area contributed by atoms with Crippen LogP contribution in [0.15, 0.2) is 12.1 Å². The Morgan fingerprint density at radius 3 is 2.21 bits per heavy atom. The first-order chi connectivity index (χ1) is 10.8. The van der Waals surface area contributed by atoms with Gasteiger partial charge in [-0.1, -0.05) is 52.2 Å². The highest BCUT2D eigenvalue weighted by atomic mass is 35.5. The summed E-state index contributed by atoms with van der Waals surface area (Å²) in [6, 6.07) is 4.96. The van der Waals surface area contributed by atoms with Gasteiger partial charge in [0.2, 0.25) is 0 Å². The number of aromatic hydroxyl groups is 1. The third kappa shape index (κ3) is 5.94. The Labute approximate surface area is 154 Å². The van der Waals surface area contributed by atoms with E-state index < -0.39 is 0 Å². The molecule has 0 saturated heterocycles. The van der Waals surface area contributed by atoms with Crippen LogP contribution in [0.1, 0.15) is 69.6 Å². The van der Waals surface area contributed by atoms with Gasteiger partial charge in [-0.25, -0.2) is 0 Å². The van der Waals surface area contributed by atoms with E-state index in [0.717, 1.165) is 24.2 Å². The molecule has 1 aromatic rings. The lowest BCUT2D eigenvalue weighted by Crippen LogP contribution is -3.00. The van der Waals surface area contributed by atoms with Crippen molar-refractivity contribution in [3.05, 3.63) is 28.8 Å². The van der Waals surface area contributed by atoms with Crippen molar-refractivity contribution in [3.8, 4) is 5.75 Å². The number of phenols is 1. The molecule has 0 radical (unpaired) electrons. The Balaban J connectivity index is 0.00000288. The van der Waals surface area contributed by atoms with Crippen molar-refractivity contribution in [3.63, 3.8) is 0 Å². The normalized spacial score (nSPS) is 16.2. The molecule has 138 valence electrons. The number of halogens is 1. The molecule has 0 heterocycles. The first-order valence-corrected chi connectivity index (χ1v) is 9.00. The topological polar surface area (TPSA) is 35.5 Å². The highest BCUT2D eigenvalue weighted by Crippen LogP contribution is 2.32. The zero-order valence-electron chi connectivity index (χ0n) is 16.0. The molecule has 0 spiro atoms. The first-order valence-electron chi connectivity index (χ1n) is 9.00. The molecule has 1 aromatic carbocycles. The Kier molecular flexibility index (Phi) is 8.04. The highest BCUT2D eigenvalue weighted by molar-refractivity contribution is 5.45. The minimum Gasteiger partial charge on any atom is -1.00 e. The molecule has 1 aliphatic rings. The summed E-state index contributed by atoms with van der Waals surface area (Å²) in [5.41, 5.74) is 3.46. The summed E-state index contributed by atoms with van der Waals surface area (Å²) in [5.74, 6) is 0.468. The Morgan fingerprint density at radius 2 is 1.67 bits per heavy atom. The van der Waals surface area contributed by atoms with Crippen LogP contribution in [0.3, 0.4) is 0 Å². The van der Waals surface area contributed by atoms with Crippen molar-refractivity contribution in [1.82, 2.24) is 10.2 Å². The highest BCUT2D eigenvalue weighted by Gasteiger charge is 2.20. The summed E-state index contributed by atoms with van der Waals surface area (Å²) in [4.78, 5) is 2.11. The SMILES string of the molecule is CN(C)Cc1cc(C(C)(C)C)cc(CNC2CCCCC2)c1O.[Cl-]. The fraction of sp³-hybridized carbons (Fsp3) is 0.700. The van der Waals surface area contributed by atoms with E-state index in [0.29, 0.717) is 11.8 Å². The van der Waals surface area contributed by atoms with Gasteiger partial charge < -0.3 is 27.7 Å². The molecule has 1 saturated carbocycles. The lowest BCUT2D eigenvalue weighted by molar-refractivity contribution is -0.00000646. The molecule has 0 amide bonds. The van der Waals surface area contributed by atoms with E-state index in [-0.39, 0.29) is 17.8 Å². The van der Waals surface area contributed by atoms with Crippen molar-refractivity contribution >= 4 is 0 Å². The standard InChI is InChI=1S/C20H34N2O.ClH/c1-20(2,3)17-11-15(13-21-18-9-7-6-8-10-18)19(23)16(12-17)14-22(4)5;/h11-12,18,21,23H,6-10,13-14H2,1-5H3;1H/p-1. The van der Waals surface area contributed by atoms with Gasteiger partial charge in [0.05, 0.1) is 0 Å². The second-order valence-electron chi connectivity index (χ2n) is 8.35. The molecule has 2 N–H and O–H groups in total. The maximum absolute atomic E-state index is 10.7. The first kappa shape index (κ1) is 21.3. The third-order valence-electron chi connectivity index (χ3n) is 4.81. The van der Waals surface area contributed by atoms with Gasteiger partial charge in [0, 0.05) is 30.3 Å². The van der Waals surface area contributed by atoms with Crippen LogP contribution in [0.2, 0.25) is 0 Å². The van der Waals surface area contributed by atoms with E-state index in [9.17, 15) is 5.11 Å². The summed E-state index contributed by atoms with van der Waals surface area (Å²) in [6.07, 6.45) is 6.57. The second-order valence-corrected chi connectivity index (χ2v) is 8.35. The summed E-state index contributed by atoms with van der Waals surface area (Å²) in [7, 11) is 4.09. The summed E-state index contributed by atoms with van der Waals surface area (Å²) in [6.45, 7) is 8.23. The quantitative estimate of drug-likeness (QED) is 0.834. The second kappa shape index (κ2) is 9.07. The fourth-order valence-corrected chi connectivity index (χ4v) is 3.35. The maximum atomic E-state index is 10.7. The number of phenolic OH excluding ortho intramolecular Hbond substituents is 1. The lowest BCUT2D eigenvalue weighted by atomic mass is 9.84. The van der Waals surface area contributed by atoms with Crippen LogP contribution >= 0.6 is 0 Å². The van der Waals surface area contributed by atoms with Crippen molar-refractivity contribution in [2.75, 3.05) is 14.1 Å². The molecule has 2 rings (SSSR count). The van der Waals surface area contributed by atoms with E-state index in [1.165, 1.54) is 37.7 Å². The minimum atomic E-state index is 0. The molecular formula is C20H34ClN2O-. The van der Waals surface area contributed by atoms with Crippen molar-refractivity contribution in [1.29, 1.82) is 0 Å². The molecule has 0 bridgehead atoms. The molecule has 1 fully saturated rings. The van der Waals surface area contributed by atoms with Gasteiger partial charge in [0.25, 0.3) is 0 Å². The van der Waals surface area contributed by atoms with Gasteiger partial charge in [-0.2, -0.15) is 0 Å². The van der Waals surface area contributed by atoms with Crippen LogP contribution in [-0.4, -0.2) is 30.1 Å². The lowest BCUT2D eigenvalue weighted by Gasteiger charge is -2.26. The molecular weight excluding hydrogens is 320 g/mol. The molecule has 0 aliphatic heterocycles. The predicted molar refractivity (Wildman–Crippen MR) is 97.9 cm³/mol. The minimum absolute atomic E-state index is 0. The third-order valence-corrected chi connectivity index (χ3v) is 4.81. The van der Waals surface area contributed by atoms with Crippen molar-refractivity contribution < 1.29 is 17.5 Å². The van der Waals surface area contributed by atoms with Gasteiger partial charge in [-0.3, -0.25) is 0 Å². The van der Waals surface area contributed by atoms with Crippen LogP contribution in [0.25, 0.3) is 0 Å². The summed E-state index contributed by atoms with van der Waals surface area (Å²) >= 11 is 0. The number of nitrogens with one attached hydrogen (secondary N) is 1. The average Bonchev–Trinajstić information content (AvgIpc) is 2.47. The summed E-state index contributed by atoms with van der Waals surface area (Å²) in [5, 5.41) is 14.4. The Hall–Kier alpha value is -0.770. The molecule has 0 unspecified atom stereocenters. The molecule has 0 atom stereocenters. The van der Waals surface area contributed by atoms with E-state index >= 15 is 0 Å². The smallest absolute Gasteiger partial charge is 0.124 e. The average molecular weight is 354 g/mol. The molecule has 3 nitrogen and oxygen atoms in total. The van der Waals surface area contributed by atoms with Crippen LogP contribution < -0.4 is 17.7 Å². The number of benzene rings is 1. The summed E-state index contributed by atoms with van der Waals surface area (Å²) < 4.78 is 0. The van der Waals surface area contributed by atoms with Crippen LogP contribution in [0.5, 0.6) is 5.75 Å². The molecule has 24 heavy (non-hydrogen) atoms. The maximum Gasteiger partial charge on any atom is 0.124 e. The van der Waals surface area contributed by atoms with Crippen molar-refractivity contribution in [2.45, 2.75) is 77.4 Å². The van der Waals surface area contributed by atoms with Crippen molar-refractivity contribution in [2.24, 2.45) is 0 Å². The number of hydrogen-bond acceptors (Lipinski definition) is 3. The van der Waals surface area contributed by atoms with Gasteiger partial charge in [0.1, 0.15) is 5.75 Å². The number of nitrogens with zero attached hydrogens (tertiary/aromatic N) is 1. The fourth-order valence-electron chi connectivity index (χ4n) is 3.35. The predicted octanol–water partition coefficient (Wildman–Crippen LogP) is 1.18. The van der Waals surface area contributed by atoms with Crippen LogP contribution in [0, 0.1) is 0 Å². The number of rotatable bonds is 5. The van der Waals surface area contributed by atoms with Gasteiger partial charge >= 0.3 is 0 Å². The zero-order valence-corrected chi connectivity index (χ0v) is 16.7. The van der Waals surface area contributed by atoms with E-state index in [1.54, 1.807) is 0 Å². The van der Waals surface area contributed by atoms with Gasteiger partial charge in [0.15, 0.2) is 0 Å². The monoisotopic (exact) mass is 353 g/mol. The Morgan fingerprint density at radius 1 is 1.08 bits per heavy atom. The van der Waals surface area contributed by atoms with E-state index in [2.05, 4.69) is 43.1 Å². The van der Waals surface area contributed by atoms with Crippen LogP contribution in [-0.2, 0) is 18.5 Å². The van der Waals surface area contributed by atoms with E-state index in [1.807, 2.05) is 14.1 Å². The molecule has 1 aliphatic carbocycles. The van der Waals surface area contributed by atoms with Gasteiger partial charge in [-0.05, 0) is 37.9 Å². The largest absolute Gasteiger partial charge is 1.00 e. The van der Waals surface area contributed by atoms with Gasteiger partial charge in [-0.15, -0.1) is 0 Å². The molecule has 4 heteroatoms. The molecule has 0 aromatic heterocycles. The van der Waals surface area contributed by atoms with Crippen LogP contribution in [0.4, 0.5) is 0 Å². The zero-order chi connectivity index (χ0) is 17.0. The Bertz CT molecular complexity index is 517. The van der Waals surface area contributed by atoms with E-state index in [4.69, 9.17) is 0 Å².